The number of carbonyl (C=O) groups is 1. The van der Waals surface area contributed by atoms with E-state index in [1.165, 1.54) is 0 Å². The summed E-state index contributed by atoms with van der Waals surface area (Å²) in [6, 6.07) is 12.3. The molecule has 0 aliphatic carbocycles. The summed E-state index contributed by atoms with van der Waals surface area (Å²) in [5.74, 6) is 1.81. The lowest BCUT2D eigenvalue weighted by Gasteiger charge is -2.29. The number of aromatic nitrogens is 1. The van der Waals surface area contributed by atoms with E-state index in [-0.39, 0.29) is 10.9 Å². The van der Waals surface area contributed by atoms with Gasteiger partial charge in [0.1, 0.15) is 4.99 Å². The topological polar surface area (TPSA) is 56.8 Å². The minimum atomic E-state index is -0.545. The molecule has 6 heteroatoms. The Hall–Kier alpha value is -2.33. The summed E-state index contributed by atoms with van der Waals surface area (Å²) in [4.78, 5) is 12.8. The normalized spacial score (nSPS) is 20.8. The van der Waals surface area contributed by atoms with E-state index in [0.29, 0.717) is 10.6 Å². The Bertz CT molecular complexity index is 813. The molecule has 1 aromatic carbocycles. The zero-order valence-electron chi connectivity index (χ0n) is 12.0. The van der Waals surface area contributed by atoms with Gasteiger partial charge in [0.25, 0.3) is 5.91 Å². The van der Waals surface area contributed by atoms with E-state index < -0.39 is 12.0 Å². The number of amides is 1. The molecule has 1 amide bonds. The molecule has 4 nitrogen and oxygen atoms in total. The number of pyridine rings is 1. The van der Waals surface area contributed by atoms with E-state index >= 15 is 0 Å². The fraction of sp³-hybridized carbons (Fsp3) is 0.118. The zero-order chi connectivity index (χ0) is 16.4. The smallest absolute Gasteiger partial charge is 0.295 e. The molecule has 1 aliphatic heterocycles. The molecule has 2 aromatic rings. The van der Waals surface area contributed by atoms with Gasteiger partial charge >= 0.3 is 0 Å². The second-order valence-electron chi connectivity index (χ2n) is 5.15. The third kappa shape index (κ3) is 2.94. The Morgan fingerprint density at radius 3 is 2.43 bits per heavy atom. The summed E-state index contributed by atoms with van der Waals surface area (Å²) in [6.07, 6.45) is 3.65. The fourth-order valence-corrected chi connectivity index (χ4v) is 3.17. The number of nitrogens with one attached hydrogen (secondary N) is 2. The van der Waals surface area contributed by atoms with Gasteiger partial charge in [-0.15, -0.1) is 0 Å². The van der Waals surface area contributed by atoms with Crippen molar-refractivity contribution in [1.29, 1.82) is 5.41 Å². The maximum atomic E-state index is 12.6. The number of hydrogen-bond donors (Lipinski definition) is 2. The zero-order valence-corrected chi connectivity index (χ0v) is 13.6. The minimum absolute atomic E-state index is 0.204. The van der Waals surface area contributed by atoms with Crippen LogP contribution in [-0.2, 0) is 4.79 Å². The number of thiocarbonyl (C=S) groups is 1. The number of carbonyl (C=O) groups excluding carboxylic acids is 1. The molecule has 2 atom stereocenters. The average molecular weight is 343 g/mol. The van der Waals surface area contributed by atoms with E-state index in [9.17, 15) is 4.79 Å². The van der Waals surface area contributed by atoms with Crippen molar-refractivity contribution in [2.45, 2.75) is 12.0 Å². The quantitative estimate of drug-likeness (QED) is 0.381. The van der Waals surface area contributed by atoms with E-state index in [2.05, 4.69) is 11.2 Å². The lowest BCUT2D eigenvalue weighted by atomic mass is 9.82. The van der Waals surface area contributed by atoms with Crippen molar-refractivity contribution in [2.75, 3.05) is 0 Å². The first-order valence-corrected chi connectivity index (χ1v) is 7.76. The highest BCUT2D eigenvalue weighted by Crippen LogP contribution is 2.35. The van der Waals surface area contributed by atoms with E-state index in [1.807, 2.05) is 47.3 Å². The van der Waals surface area contributed by atoms with Crippen LogP contribution < -0.4 is 9.88 Å². The van der Waals surface area contributed by atoms with Gasteiger partial charge in [0.2, 0.25) is 6.04 Å². The van der Waals surface area contributed by atoms with Crippen LogP contribution in [0.5, 0.6) is 0 Å². The van der Waals surface area contributed by atoms with Gasteiger partial charge in [-0.1, -0.05) is 42.0 Å². The van der Waals surface area contributed by atoms with Crippen molar-refractivity contribution in [1.82, 2.24) is 5.32 Å². The maximum absolute atomic E-state index is 12.6. The third-order valence-electron chi connectivity index (χ3n) is 3.80. The van der Waals surface area contributed by atoms with Crippen molar-refractivity contribution in [2.24, 2.45) is 0 Å². The maximum Gasteiger partial charge on any atom is 0.295 e. The Kier molecular flexibility index (Phi) is 4.35. The molecule has 2 unspecified atom stereocenters. The van der Waals surface area contributed by atoms with Crippen LogP contribution in [-0.4, -0.2) is 16.8 Å². The van der Waals surface area contributed by atoms with Crippen LogP contribution in [0.4, 0.5) is 0 Å². The summed E-state index contributed by atoms with van der Waals surface area (Å²) < 4.78 is 1.81. The van der Waals surface area contributed by atoms with Crippen LogP contribution in [0.15, 0.2) is 60.4 Å². The van der Waals surface area contributed by atoms with Crippen LogP contribution in [0, 0.1) is 5.41 Å². The molecule has 3 rings (SSSR count). The van der Waals surface area contributed by atoms with Crippen molar-refractivity contribution in [3.63, 3.8) is 0 Å². The number of piperidine rings is 1. The van der Waals surface area contributed by atoms with Crippen LogP contribution in [0.25, 0.3) is 0 Å². The van der Waals surface area contributed by atoms with Gasteiger partial charge in [0, 0.05) is 17.2 Å². The fourth-order valence-electron chi connectivity index (χ4n) is 2.76. The lowest BCUT2D eigenvalue weighted by molar-refractivity contribution is -0.711. The van der Waals surface area contributed by atoms with Crippen LogP contribution in [0.2, 0.25) is 5.02 Å². The minimum Gasteiger partial charge on any atom is -0.310 e. The average Bonchev–Trinajstić information content (AvgIpc) is 2.56. The molecule has 23 heavy (non-hydrogen) atoms. The van der Waals surface area contributed by atoms with Gasteiger partial charge in [-0.2, -0.15) is 4.57 Å². The predicted octanol–water partition coefficient (Wildman–Crippen LogP) is 2.58. The molecule has 1 fully saturated rings. The lowest BCUT2D eigenvalue weighted by Crippen LogP contribution is -2.56. The van der Waals surface area contributed by atoms with Gasteiger partial charge in [-0.25, -0.2) is 0 Å². The second-order valence-corrected chi connectivity index (χ2v) is 6.00. The van der Waals surface area contributed by atoms with Crippen LogP contribution in [0.1, 0.15) is 17.5 Å². The van der Waals surface area contributed by atoms with Crippen molar-refractivity contribution >= 4 is 40.6 Å². The highest BCUT2D eigenvalue weighted by Gasteiger charge is 2.45. The van der Waals surface area contributed by atoms with Crippen LogP contribution >= 0.6 is 23.8 Å². The van der Waals surface area contributed by atoms with Crippen LogP contribution in [0.3, 0.4) is 0 Å². The molecule has 2 N–H and O–H groups in total. The molecule has 0 bridgehead atoms. The van der Waals surface area contributed by atoms with Gasteiger partial charge in [-0.3, -0.25) is 10.2 Å². The largest absolute Gasteiger partial charge is 0.310 e. The molecule has 0 spiro atoms. The molecule has 1 aromatic heterocycles. The van der Waals surface area contributed by atoms with E-state index in [4.69, 9.17) is 29.2 Å². The Labute approximate surface area is 143 Å². The summed E-state index contributed by atoms with van der Waals surface area (Å²) >= 11 is 11.2. The van der Waals surface area contributed by atoms with Gasteiger partial charge in [0.15, 0.2) is 12.4 Å². The Morgan fingerprint density at radius 2 is 1.83 bits per heavy atom. The van der Waals surface area contributed by atoms with Crippen molar-refractivity contribution in [3.05, 3.63) is 71.0 Å². The summed E-state index contributed by atoms with van der Waals surface area (Å²) in [5.41, 5.74) is 1.35. The number of nitrogens with zero attached hydrogens (tertiary/aromatic N) is 1. The number of benzene rings is 1. The summed E-state index contributed by atoms with van der Waals surface area (Å²) in [6.45, 7) is 0. The number of hydrogen-bond acceptors (Lipinski definition) is 3. The molecule has 1 aliphatic rings. The number of rotatable bonds is 2. The molecular weight excluding hydrogens is 330 g/mol. The van der Waals surface area contributed by atoms with Crippen molar-refractivity contribution in [3.8, 4) is 0 Å². The SMILES string of the molecule is N=C=C1C(=S)NC(=O)C([n+]2ccccc2)C1c1ccc(Cl)cc1. The first-order valence-electron chi connectivity index (χ1n) is 6.98. The third-order valence-corrected chi connectivity index (χ3v) is 4.37. The summed E-state index contributed by atoms with van der Waals surface area (Å²) in [5, 5.41) is 10.9. The highest BCUT2D eigenvalue weighted by atomic mass is 35.5. The standard InChI is InChI=1S/C17H12ClN3OS/c18-12-6-4-11(5-7-12)14-13(10-19)17(23)20-16(22)15(14)21-8-2-1-3-9-21/h1-9,14-15,19H/p+1. The number of halogens is 1. The highest BCUT2D eigenvalue weighted by molar-refractivity contribution is 7.80. The molecule has 2 heterocycles. The van der Waals surface area contributed by atoms with E-state index in [0.717, 1.165) is 5.56 Å². The van der Waals surface area contributed by atoms with Gasteiger partial charge in [0.05, 0.1) is 11.5 Å². The first-order chi connectivity index (χ1) is 11.1. The monoisotopic (exact) mass is 342 g/mol. The molecule has 0 radical (unpaired) electrons. The Morgan fingerprint density at radius 1 is 1.17 bits per heavy atom. The first kappa shape index (κ1) is 15.6. The van der Waals surface area contributed by atoms with Crippen molar-refractivity contribution < 1.29 is 9.36 Å². The van der Waals surface area contributed by atoms with Gasteiger partial charge in [-0.05, 0) is 23.6 Å². The summed E-state index contributed by atoms with van der Waals surface area (Å²) in [7, 11) is 0. The molecular formula is C17H13ClN3OS+. The molecule has 0 saturated carbocycles. The second kappa shape index (κ2) is 6.42. The predicted molar refractivity (Wildman–Crippen MR) is 91.8 cm³/mol. The Balaban J connectivity index is 2.17. The van der Waals surface area contributed by atoms with E-state index in [1.54, 1.807) is 12.1 Å². The van der Waals surface area contributed by atoms with Gasteiger partial charge < -0.3 is 5.32 Å². The molecule has 1 saturated heterocycles. The molecule has 114 valence electrons.